The van der Waals surface area contributed by atoms with Gasteiger partial charge in [-0.2, -0.15) is 0 Å². The first-order valence-electron chi connectivity index (χ1n) is 6.11. The molecule has 0 bridgehead atoms. The number of amides is 1. The molecule has 1 aromatic rings. The predicted molar refractivity (Wildman–Crippen MR) is 72.1 cm³/mol. The van der Waals surface area contributed by atoms with Gasteiger partial charge in [-0.05, 0) is 11.6 Å². The molecule has 0 aromatic carbocycles. The van der Waals surface area contributed by atoms with Gasteiger partial charge in [-0.1, -0.05) is 0 Å². The Hall–Kier alpha value is -2.15. The highest BCUT2D eigenvalue weighted by Crippen LogP contribution is 2.07. The van der Waals surface area contributed by atoms with Crippen LogP contribution in [0.1, 0.15) is 12.5 Å². The van der Waals surface area contributed by atoms with Crippen molar-refractivity contribution in [3.63, 3.8) is 0 Å². The van der Waals surface area contributed by atoms with Crippen LogP contribution in [0.4, 0.5) is 0 Å². The normalized spacial score (nSPS) is 11.6. The Kier molecular flexibility index (Phi) is 6.45. The topological polar surface area (TPSA) is 89.6 Å². The van der Waals surface area contributed by atoms with Gasteiger partial charge in [-0.25, -0.2) is 9.78 Å². The average Bonchev–Trinajstić information content (AvgIpc) is 2.45. The quantitative estimate of drug-likeness (QED) is 0.676. The third-order valence-electron chi connectivity index (χ3n) is 2.55. The summed E-state index contributed by atoms with van der Waals surface area (Å²) in [5.41, 5.74) is 0.961. The average molecular weight is 281 g/mol. The molecule has 0 spiro atoms. The monoisotopic (exact) mass is 281 g/mol. The van der Waals surface area contributed by atoms with Gasteiger partial charge in [-0.15, -0.1) is 0 Å². The molecule has 0 aliphatic rings. The second kappa shape index (κ2) is 8.11. The van der Waals surface area contributed by atoms with Crippen molar-refractivity contribution in [2.24, 2.45) is 0 Å². The molecular weight excluding hydrogens is 262 g/mol. The van der Waals surface area contributed by atoms with Crippen molar-refractivity contribution in [2.75, 3.05) is 20.8 Å². The van der Waals surface area contributed by atoms with Gasteiger partial charge in [0.05, 0.1) is 14.2 Å². The smallest absolute Gasteiger partial charge is 0.329 e. The number of pyridine rings is 1. The summed E-state index contributed by atoms with van der Waals surface area (Å²) in [4.78, 5) is 26.5. The van der Waals surface area contributed by atoms with Crippen LogP contribution in [0.2, 0.25) is 0 Å². The van der Waals surface area contributed by atoms with Crippen LogP contribution in [0.15, 0.2) is 18.3 Å². The van der Waals surface area contributed by atoms with Crippen LogP contribution >= 0.6 is 0 Å². The molecule has 1 unspecified atom stereocenters. The number of nitrogens with one attached hydrogen (secondary N) is 2. The van der Waals surface area contributed by atoms with E-state index < -0.39 is 12.0 Å². The maximum Gasteiger partial charge on any atom is 0.329 e. The lowest BCUT2D eigenvalue weighted by atomic mass is 10.2. The van der Waals surface area contributed by atoms with E-state index in [2.05, 4.69) is 20.4 Å². The molecule has 1 aromatic heterocycles. The molecule has 1 amide bonds. The van der Waals surface area contributed by atoms with Crippen molar-refractivity contribution in [1.82, 2.24) is 15.6 Å². The first-order valence-corrected chi connectivity index (χ1v) is 6.11. The highest BCUT2D eigenvalue weighted by Gasteiger charge is 2.19. The van der Waals surface area contributed by atoms with E-state index in [-0.39, 0.29) is 12.5 Å². The lowest BCUT2D eigenvalue weighted by molar-refractivity contribution is -0.144. The summed E-state index contributed by atoms with van der Waals surface area (Å²) in [6.45, 7) is 2.15. The molecule has 1 atom stereocenters. The maximum atomic E-state index is 11.5. The van der Waals surface area contributed by atoms with E-state index in [0.29, 0.717) is 12.4 Å². The number of rotatable bonds is 7. The molecule has 0 saturated carbocycles. The van der Waals surface area contributed by atoms with Gasteiger partial charge in [0.1, 0.15) is 6.04 Å². The number of aromatic nitrogens is 1. The number of ether oxygens (including phenoxy) is 2. The molecule has 2 N–H and O–H groups in total. The molecule has 0 aliphatic carbocycles. The van der Waals surface area contributed by atoms with Crippen molar-refractivity contribution < 1.29 is 19.1 Å². The second-order valence-corrected chi connectivity index (χ2v) is 4.11. The standard InChI is InChI=1S/C13H19N3O4/c1-9(17)16-11(13(18)20-3)8-14-7-10-4-5-15-12(6-10)19-2/h4-6,11,14H,7-8H2,1-3H3,(H,16,17). The van der Waals surface area contributed by atoms with E-state index in [1.807, 2.05) is 6.07 Å². The zero-order valence-corrected chi connectivity index (χ0v) is 11.8. The number of nitrogens with zero attached hydrogens (tertiary/aromatic N) is 1. The Bertz CT molecular complexity index is 465. The molecule has 7 nitrogen and oxygen atoms in total. The van der Waals surface area contributed by atoms with Crippen molar-refractivity contribution in [1.29, 1.82) is 0 Å². The Morgan fingerprint density at radius 1 is 1.40 bits per heavy atom. The van der Waals surface area contributed by atoms with Gasteiger partial charge in [-0.3, -0.25) is 4.79 Å². The number of methoxy groups -OCH3 is 2. The van der Waals surface area contributed by atoms with Gasteiger partial charge in [0.25, 0.3) is 0 Å². The van der Waals surface area contributed by atoms with Crippen LogP contribution in [0.3, 0.4) is 0 Å². The molecular formula is C13H19N3O4. The minimum absolute atomic E-state index is 0.275. The Balaban J connectivity index is 2.50. The van der Waals surface area contributed by atoms with Gasteiger partial charge in [0.2, 0.25) is 11.8 Å². The summed E-state index contributed by atoms with van der Waals surface area (Å²) in [7, 11) is 2.83. The van der Waals surface area contributed by atoms with Gasteiger partial charge in [0.15, 0.2) is 0 Å². The molecule has 0 saturated heterocycles. The predicted octanol–water partition coefficient (Wildman–Crippen LogP) is -0.143. The minimum Gasteiger partial charge on any atom is -0.481 e. The van der Waals surface area contributed by atoms with Gasteiger partial charge in [0, 0.05) is 32.3 Å². The molecule has 110 valence electrons. The van der Waals surface area contributed by atoms with E-state index in [4.69, 9.17) is 4.74 Å². The molecule has 7 heteroatoms. The Labute approximate surface area is 117 Å². The molecule has 0 radical (unpaired) electrons. The fourth-order valence-corrected chi connectivity index (χ4v) is 1.61. The SMILES string of the molecule is COC(=O)C(CNCc1ccnc(OC)c1)NC(C)=O. The summed E-state index contributed by atoms with van der Waals surface area (Å²) in [6.07, 6.45) is 1.64. The van der Waals surface area contributed by atoms with Crippen LogP contribution in [0, 0.1) is 0 Å². The van der Waals surface area contributed by atoms with Crippen LogP contribution in [-0.4, -0.2) is 43.7 Å². The maximum absolute atomic E-state index is 11.5. The van der Waals surface area contributed by atoms with E-state index in [9.17, 15) is 9.59 Å². The Morgan fingerprint density at radius 3 is 2.75 bits per heavy atom. The first kappa shape index (κ1) is 15.9. The molecule has 1 rings (SSSR count). The van der Waals surface area contributed by atoms with Crippen molar-refractivity contribution >= 4 is 11.9 Å². The molecule has 0 fully saturated rings. The van der Waals surface area contributed by atoms with Crippen molar-refractivity contribution in [3.05, 3.63) is 23.9 Å². The van der Waals surface area contributed by atoms with E-state index in [1.54, 1.807) is 19.4 Å². The number of carbonyl (C=O) groups excluding carboxylic acids is 2. The molecule has 1 heterocycles. The lowest BCUT2D eigenvalue weighted by Crippen LogP contribution is -2.46. The lowest BCUT2D eigenvalue weighted by Gasteiger charge is -2.16. The summed E-state index contributed by atoms with van der Waals surface area (Å²) < 4.78 is 9.65. The van der Waals surface area contributed by atoms with Crippen LogP contribution in [0.5, 0.6) is 5.88 Å². The van der Waals surface area contributed by atoms with Gasteiger partial charge >= 0.3 is 5.97 Å². The second-order valence-electron chi connectivity index (χ2n) is 4.11. The third-order valence-corrected chi connectivity index (χ3v) is 2.55. The van der Waals surface area contributed by atoms with E-state index >= 15 is 0 Å². The number of hydrogen-bond acceptors (Lipinski definition) is 6. The Morgan fingerprint density at radius 2 is 2.15 bits per heavy atom. The summed E-state index contributed by atoms with van der Waals surface area (Å²) in [6, 6.07) is 2.92. The minimum atomic E-state index is -0.707. The highest BCUT2D eigenvalue weighted by molar-refractivity contribution is 5.83. The van der Waals surface area contributed by atoms with Crippen molar-refractivity contribution in [2.45, 2.75) is 19.5 Å². The third kappa shape index (κ3) is 5.23. The fraction of sp³-hybridized carbons (Fsp3) is 0.462. The van der Waals surface area contributed by atoms with Crippen LogP contribution in [-0.2, 0) is 20.9 Å². The van der Waals surface area contributed by atoms with Crippen LogP contribution in [0.25, 0.3) is 0 Å². The summed E-state index contributed by atoms with van der Waals surface area (Å²) >= 11 is 0. The van der Waals surface area contributed by atoms with E-state index in [0.717, 1.165) is 5.56 Å². The van der Waals surface area contributed by atoms with Crippen molar-refractivity contribution in [3.8, 4) is 5.88 Å². The number of esters is 1. The first-order chi connectivity index (χ1) is 9.56. The zero-order chi connectivity index (χ0) is 15.0. The summed E-state index contributed by atoms with van der Waals surface area (Å²) in [5.74, 6) is -0.247. The van der Waals surface area contributed by atoms with E-state index in [1.165, 1.54) is 14.0 Å². The molecule has 20 heavy (non-hydrogen) atoms. The highest BCUT2D eigenvalue weighted by atomic mass is 16.5. The zero-order valence-electron chi connectivity index (χ0n) is 11.8. The largest absolute Gasteiger partial charge is 0.481 e. The van der Waals surface area contributed by atoms with Gasteiger partial charge < -0.3 is 20.1 Å². The number of carbonyl (C=O) groups is 2. The summed E-state index contributed by atoms with van der Waals surface area (Å²) in [5, 5.41) is 5.60. The number of hydrogen-bond donors (Lipinski definition) is 2. The fourth-order valence-electron chi connectivity index (χ4n) is 1.61. The van der Waals surface area contributed by atoms with Crippen LogP contribution < -0.4 is 15.4 Å². The molecule has 0 aliphatic heterocycles.